The van der Waals surface area contributed by atoms with Crippen LogP contribution in [0, 0.1) is 0 Å². The summed E-state index contributed by atoms with van der Waals surface area (Å²) in [4.78, 5) is 24.8. The summed E-state index contributed by atoms with van der Waals surface area (Å²) in [5.74, 6) is 0.595. The van der Waals surface area contributed by atoms with E-state index in [1.807, 2.05) is 24.4 Å². The fraction of sp³-hybridized carbons (Fsp3) is 0.314. The average Bonchev–Trinajstić information content (AvgIpc) is 3.44. The van der Waals surface area contributed by atoms with E-state index in [4.69, 9.17) is 19.9 Å². The van der Waals surface area contributed by atoms with Gasteiger partial charge in [-0.1, -0.05) is 36.4 Å². The molecule has 3 aromatic carbocycles. The van der Waals surface area contributed by atoms with Crippen molar-refractivity contribution in [2.75, 3.05) is 77.5 Å². The van der Waals surface area contributed by atoms with Gasteiger partial charge in [0.1, 0.15) is 5.58 Å². The van der Waals surface area contributed by atoms with Crippen LogP contribution in [0.1, 0.15) is 5.56 Å². The zero-order valence-electron chi connectivity index (χ0n) is 25.0. The molecule has 0 bridgehead atoms. The van der Waals surface area contributed by atoms with E-state index in [9.17, 15) is 4.79 Å². The molecule has 0 saturated carbocycles. The molecule has 2 N–H and O–H groups in total. The van der Waals surface area contributed by atoms with Crippen LogP contribution in [0.5, 0.6) is 0 Å². The fourth-order valence-electron chi connectivity index (χ4n) is 6.15. The van der Waals surface area contributed by atoms with Crippen LogP contribution in [0.3, 0.4) is 0 Å². The van der Waals surface area contributed by atoms with Crippen molar-refractivity contribution in [3.05, 3.63) is 82.7 Å². The molecule has 226 valence electrons. The predicted octanol–water partition coefficient (Wildman–Crippen LogP) is 5.28. The average molecular weight is 608 g/mol. The first-order valence-corrected chi connectivity index (χ1v) is 16.1. The second kappa shape index (κ2) is 12.5. The Morgan fingerprint density at radius 3 is 2.50 bits per heavy atom. The number of benzene rings is 3. The molecule has 2 fully saturated rings. The molecular weight excluding hydrogens is 570 g/mol. The van der Waals surface area contributed by atoms with E-state index < -0.39 is 0 Å². The van der Waals surface area contributed by atoms with Crippen LogP contribution < -0.4 is 16.1 Å². The third-order valence-corrected chi connectivity index (χ3v) is 9.96. The van der Waals surface area contributed by atoms with Gasteiger partial charge in [0.05, 0.1) is 25.1 Å². The van der Waals surface area contributed by atoms with Crippen molar-refractivity contribution in [1.29, 1.82) is 0 Å². The summed E-state index contributed by atoms with van der Waals surface area (Å²) in [7, 11) is 2.17. The van der Waals surface area contributed by atoms with Crippen molar-refractivity contribution >= 4 is 60.2 Å². The highest BCUT2D eigenvalue weighted by Crippen LogP contribution is 2.42. The van der Waals surface area contributed by atoms with Gasteiger partial charge in [-0.2, -0.15) is 0 Å². The minimum Gasteiger partial charge on any atom is -0.440 e. The third kappa shape index (κ3) is 5.64. The van der Waals surface area contributed by atoms with Gasteiger partial charge < -0.3 is 24.7 Å². The first-order chi connectivity index (χ1) is 21.6. The third-order valence-electron chi connectivity index (χ3n) is 8.74. The maximum atomic E-state index is 13.2. The molecule has 0 aliphatic carbocycles. The molecule has 2 saturated heterocycles. The van der Waals surface area contributed by atoms with Crippen molar-refractivity contribution in [2.45, 2.75) is 0 Å². The smallest absolute Gasteiger partial charge is 0.200 e. The number of morpholine rings is 1. The van der Waals surface area contributed by atoms with Crippen LogP contribution in [0.15, 0.2) is 81.1 Å². The van der Waals surface area contributed by atoms with E-state index in [1.165, 1.54) is 10.1 Å². The van der Waals surface area contributed by atoms with Crippen molar-refractivity contribution in [1.82, 2.24) is 9.80 Å². The molecule has 9 heteroatoms. The summed E-state index contributed by atoms with van der Waals surface area (Å²) in [6.07, 6.45) is 3.55. The van der Waals surface area contributed by atoms with Gasteiger partial charge in [0.2, 0.25) is 0 Å². The minimum atomic E-state index is -0.0333. The quantitative estimate of drug-likeness (QED) is 0.252. The highest BCUT2D eigenvalue weighted by molar-refractivity contribution is 7.26. The Bertz CT molecular complexity index is 1930. The molecular formula is C35H37N5O3S. The number of hydrogen-bond acceptors (Lipinski definition) is 9. The number of hydrogen-bond donors (Lipinski definition) is 1. The van der Waals surface area contributed by atoms with Crippen molar-refractivity contribution in [3.63, 3.8) is 0 Å². The lowest BCUT2D eigenvalue weighted by Gasteiger charge is -2.31. The van der Waals surface area contributed by atoms with E-state index in [-0.39, 0.29) is 5.43 Å². The lowest BCUT2D eigenvalue weighted by atomic mass is 9.99. The van der Waals surface area contributed by atoms with Crippen LogP contribution in [0.4, 0.5) is 5.88 Å². The predicted molar refractivity (Wildman–Crippen MR) is 183 cm³/mol. The summed E-state index contributed by atoms with van der Waals surface area (Å²) in [5.41, 5.74) is 10.6. The zero-order chi connectivity index (χ0) is 30.0. The van der Waals surface area contributed by atoms with Crippen LogP contribution in [-0.4, -0.2) is 88.6 Å². The van der Waals surface area contributed by atoms with E-state index >= 15 is 0 Å². The number of nitrogens with two attached hydrogens (primary N) is 1. The number of ether oxygens (including phenoxy) is 1. The summed E-state index contributed by atoms with van der Waals surface area (Å²) in [6.45, 7) is 8.76. The number of likely N-dealkylation sites (N-methyl/N-ethyl adjacent to an activating group) is 1. The monoisotopic (exact) mass is 607 g/mol. The first-order valence-electron chi connectivity index (χ1n) is 15.3. The summed E-state index contributed by atoms with van der Waals surface area (Å²) < 4.78 is 14.3. The van der Waals surface area contributed by atoms with Crippen LogP contribution in [0.2, 0.25) is 0 Å². The number of aliphatic imine (C=N–C) groups is 1. The van der Waals surface area contributed by atoms with Gasteiger partial charge in [0, 0.05) is 101 Å². The Kier molecular flexibility index (Phi) is 8.18. The molecule has 7 rings (SSSR count). The topological polar surface area (TPSA) is 87.5 Å². The van der Waals surface area contributed by atoms with Crippen molar-refractivity contribution in [2.24, 2.45) is 10.7 Å². The molecule has 2 aliphatic heterocycles. The Hall–Kier alpha value is -4.02. The maximum absolute atomic E-state index is 13.2. The Labute approximate surface area is 260 Å². The lowest BCUT2D eigenvalue weighted by Crippen LogP contribution is -2.45. The molecule has 2 aromatic heterocycles. The number of anilines is 1. The Morgan fingerprint density at radius 1 is 0.932 bits per heavy atom. The Balaban J connectivity index is 1.22. The summed E-state index contributed by atoms with van der Waals surface area (Å²) >= 11 is 1.75. The second-order valence-corrected chi connectivity index (χ2v) is 12.6. The number of rotatable bonds is 7. The normalized spacial score (nSPS) is 17.5. The standard InChI is InChI=1S/C35H37N5O3S/c1-38-12-14-39(15-13-38)11-10-37-23-25(22-36)24-8-9-32-30(20-24)28-6-3-5-27(35(28)44-32)26-4-2-7-29-31(41)21-33(43-34(26)29)40-16-18-42-19-17-40/h2-9,20-23H,10-19,36H2,1H3/b25-22+,37-23?. The van der Waals surface area contributed by atoms with E-state index in [1.54, 1.807) is 23.6 Å². The van der Waals surface area contributed by atoms with Gasteiger partial charge in [-0.05, 0) is 30.8 Å². The van der Waals surface area contributed by atoms with Gasteiger partial charge >= 0.3 is 0 Å². The summed E-state index contributed by atoms with van der Waals surface area (Å²) in [5, 5.41) is 2.92. The summed E-state index contributed by atoms with van der Waals surface area (Å²) in [6, 6.07) is 20.3. The molecule has 4 heterocycles. The van der Waals surface area contributed by atoms with Gasteiger partial charge in [0.25, 0.3) is 0 Å². The van der Waals surface area contributed by atoms with Crippen LogP contribution in [0.25, 0.3) is 47.8 Å². The molecule has 44 heavy (non-hydrogen) atoms. The lowest BCUT2D eigenvalue weighted by molar-refractivity contribution is 0.121. The first kappa shape index (κ1) is 28.7. The molecule has 0 spiro atoms. The van der Waals surface area contributed by atoms with Gasteiger partial charge in [-0.15, -0.1) is 11.3 Å². The van der Waals surface area contributed by atoms with Crippen molar-refractivity contribution < 1.29 is 9.15 Å². The van der Waals surface area contributed by atoms with Crippen LogP contribution >= 0.6 is 11.3 Å². The minimum absolute atomic E-state index is 0.0333. The molecule has 2 aliphatic rings. The number of nitrogens with zero attached hydrogens (tertiary/aromatic N) is 4. The molecule has 0 radical (unpaired) electrons. The SMILES string of the molecule is CN1CCN(CCN=C/C(=C\N)c2ccc3sc4c(-c5cccc6c(=O)cc(N7CCOCC7)oc56)cccc4c3c2)CC1. The second-order valence-electron chi connectivity index (χ2n) is 11.5. The van der Waals surface area contributed by atoms with E-state index in [0.717, 1.165) is 71.6 Å². The number of allylic oxidation sites excluding steroid dienone is 1. The van der Waals surface area contributed by atoms with Gasteiger partial charge in [-0.3, -0.25) is 14.7 Å². The maximum Gasteiger partial charge on any atom is 0.200 e. The number of piperazine rings is 1. The zero-order valence-corrected chi connectivity index (χ0v) is 25.8. The van der Waals surface area contributed by atoms with E-state index in [0.29, 0.717) is 43.2 Å². The number of thiophene rings is 1. The molecule has 5 aromatic rings. The van der Waals surface area contributed by atoms with Gasteiger partial charge in [-0.25, -0.2) is 0 Å². The number of fused-ring (bicyclic) bond motifs is 4. The fourth-order valence-corrected chi connectivity index (χ4v) is 7.36. The molecule has 0 unspecified atom stereocenters. The number of para-hydroxylation sites is 1. The Morgan fingerprint density at radius 2 is 1.70 bits per heavy atom. The van der Waals surface area contributed by atoms with Crippen LogP contribution in [-0.2, 0) is 4.74 Å². The largest absolute Gasteiger partial charge is 0.440 e. The highest BCUT2D eigenvalue weighted by atomic mass is 32.1. The molecule has 0 atom stereocenters. The highest BCUT2D eigenvalue weighted by Gasteiger charge is 2.19. The molecule has 8 nitrogen and oxygen atoms in total. The van der Waals surface area contributed by atoms with Crippen molar-refractivity contribution in [3.8, 4) is 11.1 Å². The van der Waals surface area contributed by atoms with Gasteiger partial charge in [0.15, 0.2) is 11.3 Å². The molecule has 0 amide bonds. The van der Waals surface area contributed by atoms with E-state index in [2.05, 4.69) is 58.1 Å².